The van der Waals surface area contributed by atoms with Crippen LogP contribution < -0.4 is 0 Å². The highest BCUT2D eigenvalue weighted by Gasteiger charge is 2.41. The van der Waals surface area contributed by atoms with Gasteiger partial charge in [0.05, 0.1) is 0 Å². The largest absolute Gasteiger partial charge is 0.417 e. The van der Waals surface area contributed by atoms with E-state index in [-0.39, 0.29) is 15.9 Å². The third kappa shape index (κ3) is 6.54. The standard InChI is InChI=1S/C18H36O3Si2/c1-12-15(19)16(21-23(10,11)18(5,6)7)13-14-20-22(8,9)17(2,3)4/h1,16H,13-14H2,2-11H3. The van der Waals surface area contributed by atoms with Crippen molar-refractivity contribution in [2.24, 2.45) is 0 Å². The number of hydrogen-bond acceptors (Lipinski definition) is 3. The minimum Gasteiger partial charge on any atom is -0.417 e. The predicted octanol–water partition coefficient (Wildman–Crippen LogP) is 4.99. The minimum atomic E-state index is -2.04. The molecule has 1 unspecified atom stereocenters. The molecule has 0 spiro atoms. The van der Waals surface area contributed by atoms with E-state index in [1.807, 2.05) is 0 Å². The Morgan fingerprint density at radius 2 is 1.43 bits per heavy atom. The lowest BCUT2D eigenvalue weighted by atomic mass is 10.2. The molecule has 3 nitrogen and oxygen atoms in total. The van der Waals surface area contributed by atoms with E-state index in [0.29, 0.717) is 13.0 Å². The summed E-state index contributed by atoms with van der Waals surface area (Å²) in [7, 11) is -3.86. The van der Waals surface area contributed by atoms with Crippen molar-refractivity contribution in [1.82, 2.24) is 0 Å². The van der Waals surface area contributed by atoms with Crippen LogP contribution in [0.15, 0.2) is 0 Å². The summed E-state index contributed by atoms with van der Waals surface area (Å²) in [5.74, 6) is 1.96. The van der Waals surface area contributed by atoms with E-state index in [1.54, 1.807) is 0 Å². The summed E-state index contributed by atoms with van der Waals surface area (Å²) in [6.45, 7) is 22.3. The highest BCUT2D eigenvalue weighted by Crippen LogP contribution is 2.38. The van der Waals surface area contributed by atoms with Gasteiger partial charge in [-0.3, -0.25) is 4.79 Å². The lowest BCUT2D eigenvalue weighted by Gasteiger charge is -2.39. The minimum absolute atomic E-state index is 0.0421. The van der Waals surface area contributed by atoms with Crippen LogP contribution in [0.3, 0.4) is 0 Å². The van der Waals surface area contributed by atoms with Crippen LogP contribution >= 0.6 is 0 Å². The molecule has 5 heteroatoms. The molecule has 0 aromatic carbocycles. The smallest absolute Gasteiger partial charge is 0.232 e. The molecule has 0 saturated carbocycles. The number of ketones is 1. The molecule has 0 rings (SSSR count). The number of hydrogen-bond donors (Lipinski definition) is 0. The van der Waals surface area contributed by atoms with Gasteiger partial charge in [-0.25, -0.2) is 0 Å². The molecule has 0 fully saturated rings. The van der Waals surface area contributed by atoms with Gasteiger partial charge in [0, 0.05) is 13.0 Å². The van der Waals surface area contributed by atoms with Crippen molar-refractivity contribution in [3.05, 3.63) is 0 Å². The quantitative estimate of drug-likeness (QED) is 0.366. The van der Waals surface area contributed by atoms with Crippen molar-refractivity contribution >= 4 is 22.4 Å². The molecule has 0 aromatic heterocycles. The summed E-state index contributed by atoms with van der Waals surface area (Å²) in [6, 6.07) is 0. The third-order valence-corrected chi connectivity index (χ3v) is 14.4. The summed E-state index contributed by atoms with van der Waals surface area (Å²) in [5.41, 5.74) is 0. The van der Waals surface area contributed by atoms with Gasteiger partial charge >= 0.3 is 0 Å². The highest BCUT2D eigenvalue weighted by atomic mass is 28.4. The van der Waals surface area contributed by atoms with Crippen molar-refractivity contribution in [1.29, 1.82) is 0 Å². The average molecular weight is 357 g/mol. The van der Waals surface area contributed by atoms with Crippen molar-refractivity contribution in [3.8, 4) is 12.3 Å². The molecule has 0 aliphatic rings. The van der Waals surface area contributed by atoms with Crippen LogP contribution in [0.1, 0.15) is 48.0 Å². The molecule has 23 heavy (non-hydrogen) atoms. The highest BCUT2D eigenvalue weighted by molar-refractivity contribution is 6.74. The van der Waals surface area contributed by atoms with E-state index in [4.69, 9.17) is 15.3 Å². The number of terminal acetylenes is 1. The van der Waals surface area contributed by atoms with Crippen molar-refractivity contribution in [2.45, 2.75) is 90.3 Å². The molecule has 134 valence electrons. The molecule has 0 bridgehead atoms. The SMILES string of the molecule is C#CC(=O)C(CCO[Si](C)(C)C(C)(C)C)O[Si](C)(C)C(C)(C)C. The van der Waals surface area contributed by atoms with E-state index >= 15 is 0 Å². The van der Waals surface area contributed by atoms with Crippen LogP contribution in [-0.2, 0) is 13.6 Å². The first-order valence-corrected chi connectivity index (χ1v) is 14.2. The zero-order valence-electron chi connectivity index (χ0n) is 16.8. The van der Waals surface area contributed by atoms with Gasteiger partial charge in [-0.05, 0) is 42.2 Å². The Morgan fingerprint density at radius 3 is 1.78 bits per heavy atom. The van der Waals surface area contributed by atoms with E-state index in [0.717, 1.165) is 0 Å². The van der Waals surface area contributed by atoms with Gasteiger partial charge in [0.25, 0.3) is 0 Å². The topological polar surface area (TPSA) is 35.5 Å². The van der Waals surface area contributed by atoms with Crippen LogP contribution in [0, 0.1) is 12.3 Å². The van der Waals surface area contributed by atoms with Gasteiger partial charge in [-0.1, -0.05) is 41.5 Å². The molecule has 0 saturated heterocycles. The number of Topliss-reactive ketones (excluding diaryl/α,β-unsaturated/α-hetero) is 1. The maximum atomic E-state index is 12.1. The lowest BCUT2D eigenvalue weighted by Crippen LogP contribution is -2.47. The Labute approximate surface area is 145 Å². The maximum Gasteiger partial charge on any atom is 0.232 e. The predicted molar refractivity (Wildman–Crippen MR) is 104 cm³/mol. The molecule has 1 atom stereocenters. The Bertz CT molecular complexity index is 448. The van der Waals surface area contributed by atoms with E-state index in [9.17, 15) is 4.79 Å². The Morgan fingerprint density at radius 1 is 1.00 bits per heavy atom. The summed E-state index contributed by atoms with van der Waals surface area (Å²) < 4.78 is 12.4. The van der Waals surface area contributed by atoms with Crippen LogP contribution in [0.2, 0.25) is 36.3 Å². The zero-order valence-corrected chi connectivity index (χ0v) is 18.8. The van der Waals surface area contributed by atoms with Gasteiger partial charge in [-0.2, -0.15) is 0 Å². The Hall–Kier alpha value is -0.416. The van der Waals surface area contributed by atoms with Crippen LogP contribution in [-0.4, -0.2) is 35.1 Å². The Balaban J connectivity index is 4.93. The monoisotopic (exact) mass is 356 g/mol. The Kier molecular flexibility index (Phi) is 7.51. The van der Waals surface area contributed by atoms with Crippen molar-refractivity contribution in [3.63, 3.8) is 0 Å². The summed E-state index contributed by atoms with van der Waals surface area (Å²) >= 11 is 0. The van der Waals surface area contributed by atoms with Crippen LogP contribution in [0.25, 0.3) is 0 Å². The summed E-state index contributed by atoms with van der Waals surface area (Å²) in [6.07, 6.45) is 5.31. The number of carbonyl (C=O) groups is 1. The molecular formula is C18H36O3Si2. The molecular weight excluding hydrogens is 320 g/mol. The van der Waals surface area contributed by atoms with Crippen LogP contribution in [0.5, 0.6) is 0 Å². The second-order valence-corrected chi connectivity index (χ2v) is 18.8. The molecule has 0 radical (unpaired) electrons. The van der Waals surface area contributed by atoms with Gasteiger partial charge in [-0.15, -0.1) is 6.42 Å². The summed E-state index contributed by atoms with van der Waals surface area (Å²) in [4.78, 5) is 12.1. The summed E-state index contributed by atoms with van der Waals surface area (Å²) in [5, 5.41) is 0.194. The molecule has 0 amide bonds. The molecule has 0 heterocycles. The van der Waals surface area contributed by atoms with E-state index in [1.165, 1.54) is 0 Å². The number of carbonyl (C=O) groups excluding carboxylic acids is 1. The van der Waals surface area contributed by atoms with Gasteiger partial charge in [0.1, 0.15) is 6.10 Å². The van der Waals surface area contributed by atoms with E-state index < -0.39 is 22.7 Å². The fourth-order valence-electron chi connectivity index (χ4n) is 1.51. The number of rotatable bonds is 7. The van der Waals surface area contributed by atoms with Crippen LogP contribution in [0.4, 0.5) is 0 Å². The third-order valence-electron chi connectivity index (χ3n) is 5.33. The second-order valence-electron chi connectivity index (χ2n) is 9.27. The fraction of sp³-hybridized carbons (Fsp3) is 0.833. The normalized spacial score (nSPS) is 15.2. The van der Waals surface area contributed by atoms with Crippen molar-refractivity contribution in [2.75, 3.05) is 6.61 Å². The van der Waals surface area contributed by atoms with E-state index in [2.05, 4.69) is 73.7 Å². The molecule has 0 aliphatic carbocycles. The van der Waals surface area contributed by atoms with Gasteiger partial charge in [0.15, 0.2) is 16.6 Å². The zero-order chi connectivity index (χ0) is 18.7. The molecule has 0 aliphatic heterocycles. The average Bonchev–Trinajstić information content (AvgIpc) is 2.33. The fourth-order valence-corrected chi connectivity index (χ4v) is 3.86. The molecule has 0 N–H and O–H groups in total. The van der Waals surface area contributed by atoms with Gasteiger partial charge < -0.3 is 8.85 Å². The second kappa shape index (κ2) is 7.65. The first-order chi connectivity index (χ1) is 10.0. The lowest BCUT2D eigenvalue weighted by molar-refractivity contribution is -0.121. The first kappa shape index (κ1) is 22.6. The van der Waals surface area contributed by atoms with Crippen molar-refractivity contribution < 1.29 is 13.6 Å². The first-order valence-electron chi connectivity index (χ1n) is 8.37. The maximum absolute atomic E-state index is 12.1. The van der Waals surface area contributed by atoms with Gasteiger partial charge in [0.2, 0.25) is 5.78 Å². The molecule has 0 aromatic rings.